The molecule has 0 aromatic heterocycles. The van der Waals surface area contributed by atoms with Crippen molar-refractivity contribution in [1.82, 2.24) is 0 Å². The summed E-state index contributed by atoms with van der Waals surface area (Å²) in [6, 6.07) is 10.5. The molecule has 0 amide bonds. The molecule has 2 fully saturated rings. The number of benzene rings is 1. The summed E-state index contributed by atoms with van der Waals surface area (Å²) in [5.74, 6) is 1.20. The Hall–Kier alpha value is -0.810. The van der Waals surface area contributed by atoms with E-state index >= 15 is 0 Å². The molecule has 0 radical (unpaired) electrons. The number of allylic oxidation sites excluding steroid dienone is 2. The van der Waals surface area contributed by atoms with Crippen LogP contribution in [0.25, 0.3) is 0 Å². The largest absolute Gasteiger partial charge is 0.314 e. The van der Waals surface area contributed by atoms with Crippen LogP contribution in [0.3, 0.4) is 0 Å². The highest BCUT2D eigenvalue weighted by atomic mass is 31.2. The first-order valence-electron chi connectivity index (χ1n) is 9.18. The normalized spacial score (nSPS) is 35.9. The second-order valence-corrected chi connectivity index (χ2v) is 10.4. The summed E-state index contributed by atoms with van der Waals surface area (Å²) < 4.78 is 14.3. The summed E-state index contributed by atoms with van der Waals surface area (Å²) in [5.41, 5.74) is 0.417. The van der Waals surface area contributed by atoms with Crippen molar-refractivity contribution >= 4 is 12.4 Å². The molecule has 22 heavy (non-hydrogen) atoms. The fraction of sp³-hybridized carbons (Fsp3) is 0.600. The molecular weight excluding hydrogens is 287 g/mol. The highest BCUT2D eigenvalue weighted by Crippen LogP contribution is 2.69. The van der Waals surface area contributed by atoms with Gasteiger partial charge in [-0.1, -0.05) is 68.5 Å². The van der Waals surface area contributed by atoms with E-state index in [4.69, 9.17) is 0 Å². The first-order valence-corrected chi connectivity index (χ1v) is 11.0. The summed E-state index contributed by atoms with van der Waals surface area (Å²) in [7, 11) is -2.37. The van der Waals surface area contributed by atoms with Crippen molar-refractivity contribution in [1.29, 1.82) is 0 Å². The molecule has 0 bridgehead atoms. The van der Waals surface area contributed by atoms with Gasteiger partial charge < -0.3 is 4.57 Å². The van der Waals surface area contributed by atoms with Gasteiger partial charge in [-0.15, -0.1) is 0 Å². The van der Waals surface area contributed by atoms with Crippen LogP contribution in [0.4, 0.5) is 0 Å². The third kappa shape index (κ3) is 2.33. The van der Waals surface area contributed by atoms with Crippen LogP contribution < -0.4 is 5.30 Å². The molecule has 0 N–H and O–H groups in total. The number of hydrogen-bond acceptors (Lipinski definition) is 1. The van der Waals surface area contributed by atoms with Gasteiger partial charge in [0, 0.05) is 11.0 Å². The van der Waals surface area contributed by atoms with Gasteiger partial charge in [-0.3, -0.25) is 0 Å². The minimum absolute atomic E-state index is 0.417. The van der Waals surface area contributed by atoms with Crippen LogP contribution in [0.1, 0.15) is 57.8 Å². The van der Waals surface area contributed by atoms with Crippen molar-refractivity contribution in [2.45, 2.75) is 63.4 Å². The van der Waals surface area contributed by atoms with E-state index in [1.54, 1.807) is 0 Å². The van der Waals surface area contributed by atoms with Crippen molar-refractivity contribution in [3.05, 3.63) is 41.7 Å². The van der Waals surface area contributed by atoms with Gasteiger partial charge in [-0.25, -0.2) is 0 Å². The summed E-state index contributed by atoms with van der Waals surface area (Å²) in [6.45, 7) is 0. The maximum atomic E-state index is 14.3. The average Bonchev–Trinajstić information content (AvgIpc) is 2.91. The molecule has 4 rings (SSSR count). The van der Waals surface area contributed by atoms with E-state index in [1.165, 1.54) is 63.1 Å². The molecule has 3 unspecified atom stereocenters. The Morgan fingerprint density at radius 1 is 0.818 bits per heavy atom. The van der Waals surface area contributed by atoms with Crippen LogP contribution in [0, 0.1) is 11.8 Å². The van der Waals surface area contributed by atoms with Crippen molar-refractivity contribution < 1.29 is 4.57 Å². The van der Waals surface area contributed by atoms with Crippen LogP contribution in [-0.2, 0) is 4.57 Å². The molecule has 1 nitrogen and oxygen atoms in total. The Bertz CT molecular complexity index is 597. The zero-order chi connectivity index (χ0) is 15.0. The predicted molar refractivity (Wildman–Crippen MR) is 94.1 cm³/mol. The third-order valence-corrected chi connectivity index (χ3v) is 10.1. The van der Waals surface area contributed by atoms with E-state index in [0.717, 1.165) is 5.30 Å². The zero-order valence-electron chi connectivity index (χ0n) is 13.4. The van der Waals surface area contributed by atoms with Crippen molar-refractivity contribution in [2.24, 2.45) is 11.8 Å². The van der Waals surface area contributed by atoms with Gasteiger partial charge in [-0.2, -0.15) is 0 Å². The minimum atomic E-state index is -2.37. The van der Waals surface area contributed by atoms with E-state index in [1.807, 2.05) is 6.07 Å². The lowest BCUT2D eigenvalue weighted by molar-refractivity contribution is 0.411. The molecule has 1 aliphatic heterocycles. The molecule has 3 atom stereocenters. The van der Waals surface area contributed by atoms with Crippen LogP contribution in [0.15, 0.2) is 41.7 Å². The summed E-state index contributed by atoms with van der Waals surface area (Å²) in [6.07, 6.45) is 14.1. The number of hydrogen-bond donors (Lipinski definition) is 0. The Labute approximate surface area is 134 Å². The maximum absolute atomic E-state index is 14.3. The highest BCUT2D eigenvalue weighted by Gasteiger charge is 2.49. The average molecular weight is 314 g/mol. The van der Waals surface area contributed by atoms with E-state index in [9.17, 15) is 4.57 Å². The first-order chi connectivity index (χ1) is 10.8. The Morgan fingerprint density at radius 2 is 1.50 bits per heavy atom. The first kappa shape index (κ1) is 14.8. The maximum Gasteiger partial charge on any atom is 0.142 e. The fourth-order valence-corrected chi connectivity index (χ4v) is 9.32. The Morgan fingerprint density at radius 3 is 2.27 bits per heavy atom. The van der Waals surface area contributed by atoms with Crippen molar-refractivity contribution in [2.75, 3.05) is 0 Å². The van der Waals surface area contributed by atoms with Crippen LogP contribution in [0.5, 0.6) is 0 Å². The van der Waals surface area contributed by atoms with Crippen LogP contribution in [-0.4, -0.2) is 5.66 Å². The molecule has 118 valence electrons. The van der Waals surface area contributed by atoms with Crippen LogP contribution in [0.2, 0.25) is 0 Å². The minimum Gasteiger partial charge on any atom is -0.314 e. The molecule has 2 aliphatic carbocycles. The number of rotatable bonds is 2. The summed E-state index contributed by atoms with van der Waals surface area (Å²) in [4.78, 5) is 0. The van der Waals surface area contributed by atoms with E-state index in [-0.39, 0.29) is 0 Å². The molecule has 2 heteroatoms. The van der Waals surface area contributed by atoms with Gasteiger partial charge in [0.2, 0.25) is 0 Å². The SMILES string of the molecule is O=P1(c2ccccc2)C(C2CCCCC2)=CC2CCCCC21. The van der Waals surface area contributed by atoms with Gasteiger partial charge in [0.05, 0.1) is 0 Å². The summed E-state index contributed by atoms with van der Waals surface area (Å²) in [5, 5.41) is 2.52. The topological polar surface area (TPSA) is 17.1 Å². The second-order valence-electron chi connectivity index (χ2n) is 7.44. The highest BCUT2D eigenvalue weighted by molar-refractivity contribution is 7.76. The molecule has 2 saturated carbocycles. The summed E-state index contributed by atoms with van der Waals surface area (Å²) >= 11 is 0. The molecular formula is C20H27OP. The van der Waals surface area contributed by atoms with Gasteiger partial charge in [0.25, 0.3) is 0 Å². The third-order valence-electron chi connectivity index (χ3n) is 6.18. The van der Waals surface area contributed by atoms with Crippen molar-refractivity contribution in [3.8, 4) is 0 Å². The molecule has 0 saturated heterocycles. The molecule has 1 aromatic rings. The van der Waals surface area contributed by atoms with Gasteiger partial charge in [0.1, 0.15) is 7.14 Å². The lowest BCUT2D eigenvalue weighted by Crippen LogP contribution is -2.24. The lowest BCUT2D eigenvalue weighted by Gasteiger charge is -2.33. The predicted octanol–water partition coefficient (Wildman–Crippen LogP) is 5.71. The van der Waals surface area contributed by atoms with E-state index in [0.29, 0.717) is 17.5 Å². The van der Waals surface area contributed by atoms with E-state index in [2.05, 4.69) is 30.3 Å². The monoisotopic (exact) mass is 314 g/mol. The fourth-order valence-electron chi connectivity index (χ4n) is 5.10. The molecule has 1 aromatic carbocycles. The van der Waals surface area contributed by atoms with Gasteiger partial charge >= 0.3 is 0 Å². The molecule has 3 aliphatic rings. The quantitative estimate of drug-likeness (QED) is 0.639. The molecule has 0 spiro atoms. The lowest BCUT2D eigenvalue weighted by atomic mass is 9.85. The zero-order valence-corrected chi connectivity index (χ0v) is 14.3. The standard InChI is InChI=1S/C20H27OP/c21-22(18-12-5-2-6-13-18)19-14-8-7-11-17(19)15-20(22)16-9-3-1-4-10-16/h2,5-6,12-13,15-17,19H,1,3-4,7-11,14H2. The van der Waals surface area contributed by atoms with E-state index < -0.39 is 7.14 Å². The van der Waals surface area contributed by atoms with Crippen molar-refractivity contribution in [3.63, 3.8) is 0 Å². The van der Waals surface area contributed by atoms with Gasteiger partial charge in [0.15, 0.2) is 0 Å². The van der Waals surface area contributed by atoms with Crippen LogP contribution >= 0.6 is 7.14 Å². The van der Waals surface area contributed by atoms with Gasteiger partial charge in [-0.05, 0) is 42.8 Å². The second kappa shape index (κ2) is 6.00. The Balaban J connectivity index is 1.77. The number of fused-ring (bicyclic) bond motifs is 1. The smallest absolute Gasteiger partial charge is 0.142 e. The Kier molecular flexibility index (Phi) is 4.03. The molecule has 1 heterocycles.